The smallest absolute Gasteiger partial charge is 0.394 e. The third-order valence-corrected chi connectivity index (χ3v) is 3.21. The highest BCUT2D eigenvalue weighted by Gasteiger charge is 2.33. The monoisotopic (exact) mass is 284 g/mol. The van der Waals surface area contributed by atoms with Gasteiger partial charge in [-0.25, -0.2) is 0 Å². The topological polar surface area (TPSA) is 35.5 Å². The van der Waals surface area contributed by atoms with Crippen molar-refractivity contribution in [1.29, 1.82) is 0 Å². The zero-order chi connectivity index (χ0) is 15.1. The van der Waals surface area contributed by atoms with E-state index in [0.29, 0.717) is 13.0 Å². The van der Waals surface area contributed by atoms with Gasteiger partial charge in [-0.1, -0.05) is 6.92 Å². The molecule has 3 nitrogen and oxygen atoms in total. The second kappa shape index (κ2) is 8.07. The van der Waals surface area contributed by atoms with E-state index >= 15 is 0 Å². The fourth-order valence-electron chi connectivity index (χ4n) is 1.79. The van der Waals surface area contributed by atoms with Gasteiger partial charge in [0.1, 0.15) is 0 Å². The molecule has 0 fully saturated rings. The Hall–Kier alpha value is -0.330. The van der Waals surface area contributed by atoms with Crippen LogP contribution in [0.25, 0.3) is 0 Å². The average molecular weight is 284 g/mol. The minimum atomic E-state index is -4.18. The lowest BCUT2D eigenvalue weighted by Gasteiger charge is -2.34. The molecule has 0 heterocycles. The molecule has 2 N–H and O–H groups in total. The molecule has 0 saturated carbocycles. The van der Waals surface area contributed by atoms with Crippen molar-refractivity contribution in [2.75, 3.05) is 26.2 Å². The van der Waals surface area contributed by atoms with E-state index in [1.807, 2.05) is 13.8 Å². The molecule has 0 aromatic carbocycles. The fourth-order valence-corrected chi connectivity index (χ4v) is 1.79. The number of aliphatic hydroxyl groups excluding tert-OH is 1. The first-order chi connectivity index (χ1) is 8.63. The highest BCUT2D eigenvalue weighted by Crippen LogP contribution is 2.19. The Kier molecular flexibility index (Phi) is 7.93. The standard InChI is InChI=1S/C13H27F3N2O/c1-5-7-17-12(4,10-19)6-8-18(11(2)3)9-13(14,15)16/h11,17,19H,5-10H2,1-4H3. The van der Waals surface area contributed by atoms with Crippen LogP contribution < -0.4 is 5.32 Å². The molecule has 0 bridgehead atoms. The molecule has 0 aromatic rings. The summed E-state index contributed by atoms with van der Waals surface area (Å²) in [6.07, 6.45) is -2.78. The van der Waals surface area contributed by atoms with Crippen molar-refractivity contribution in [2.45, 2.75) is 58.3 Å². The molecule has 0 aliphatic carbocycles. The quantitative estimate of drug-likeness (QED) is 0.682. The van der Waals surface area contributed by atoms with Crippen molar-refractivity contribution in [2.24, 2.45) is 0 Å². The molecule has 0 aromatic heterocycles. The van der Waals surface area contributed by atoms with E-state index in [4.69, 9.17) is 0 Å². The summed E-state index contributed by atoms with van der Waals surface area (Å²) in [5.41, 5.74) is -0.519. The summed E-state index contributed by atoms with van der Waals surface area (Å²) >= 11 is 0. The van der Waals surface area contributed by atoms with Crippen LogP contribution >= 0.6 is 0 Å². The van der Waals surface area contributed by atoms with Crippen LogP contribution in [0.3, 0.4) is 0 Å². The molecule has 1 atom stereocenters. The van der Waals surface area contributed by atoms with Gasteiger partial charge in [-0.2, -0.15) is 13.2 Å². The number of alkyl halides is 3. The van der Waals surface area contributed by atoms with Gasteiger partial charge in [-0.15, -0.1) is 0 Å². The predicted octanol–water partition coefficient (Wildman–Crippen LogP) is 2.40. The second-order valence-electron chi connectivity index (χ2n) is 5.57. The maximum atomic E-state index is 12.5. The van der Waals surface area contributed by atoms with Crippen molar-refractivity contribution in [1.82, 2.24) is 10.2 Å². The van der Waals surface area contributed by atoms with Gasteiger partial charge in [0.2, 0.25) is 0 Å². The largest absolute Gasteiger partial charge is 0.401 e. The highest BCUT2D eigenvalue weighted by atomic mass is 19.4. The van der Waals surface area contributed by atoms with E-state index in [0.717, 1.165) is 13.0 Å². The summed E-state index contributed by atoms with van der Waals surface area (Å²) in [5, 5.41) is 12.6. The number of hydrogen-bond acceptors (Lipinski definition) is 3. The third kappa shape index (κ3) is 8.44. The van der Waals surface area contributed by atoms with Crippen molar-refractivity contribution in [3.8, 4) is 0 Å². The van der Waals surface area contributed by atoms with E-state index in [1.54, 1.807) is 13.8 Å². The number of halogens is 3. The molecular formula is C13H27F3N2O. The summed E-state index contributed by atoms with van der Waals surface area (Å²) < 4.78 is 37.4. The van der Waals surface area contributed by atoms with Gasteiger partial charge in [0.05, 0.1) is 13.2 Å². The summed E-state index contributed by atoms with van der Waals surface area (Å²) in [6, 6.07) is -0.171. The minimum absolute atomic E-state index is 0.0784. The summed E-state index contributed by atoms with van der Waals surface area (Å²) in [6.45, 7) is 7.43. The van der Waals surface area contributed by atoms with Gasteiger partial charge in [-0.3, -0.25) is 4.90 Å². The molecule has 0 amide bonds. The molecule has 0 saturated heterocycles. The Morgan fingerprint density at radius 1 is 1.26 bits per heavy atom. The van der Waals surface area contributed by atoms with Crippen LogP contribution in [0, 0.1) is 0 Å². The SMILES string of the molecule is CCCNC(C)(CO)CCN(CC(F)(F)F)C(C)C. The van der Waals surface area contributed by atoms with Crippen LogP contribution in [-0.2, 0) is 0 Å². The van der Waals surface area contributed by atoms with Crippen molar-refractivity contribution in [3.63, 3.8) is 0 Å². The number of aliphatic hydroxyl groups is 1. The number of hydrogen-bond donors (Lipinski definition) is 2. The third-order valence-electron chi connectivity index (χ3n) is 3.21. The maximum Gasteiger partial charge on any atom is 0.401 e. The molecule has 1 unspecified atom stereocenters. The van der Waals surface area contributed by atoms with E-state index in [-0.39, 0.29) is 12.6 Å². The van der Waals surface area contributed by atoms with Crippen molar-refractivity contribution >= 4 is 0 Å². The Balaban J connectivity index is 4.43. The fraction of sp³-hybridized carbons (Fsp3) is 1.00. The minimum Gasteiger partial charge on any atom is -0.394 e. The van der Waals surface area contributed by atoms with Gasteiger partial charge in [0.25, 0.3) is 0 Å². The van der Waals surface area contributed by atoms with Crippen LogP contribution in [0.2, 0.25) is 0 Å². The molecular weight excluding hydrogens is 257 g/mol. The molecule has 19 heavy (non-hydrogen) atoms. The Labute approximate surface area is 114 Å². The molecule has 116 valence electrons. The summed E-state index contributed by atoms with van der Waals surface area (Å²) in [7, 11) is 0. The van der Waals surface area contributed by atoms with Crippen LogP contribution in [0.5, 0.6) is 0 Å². The lowest BCUT2D eigenvalue weighted by atomic mass is 9.98. The van der Waals surface area contributed by atoms with Gasteiger partial charge >= 0.3 is 6.18 Å². The first-order valence-electron chi connectivity index (χ1n) is 6.80. The second-order valence-corrected chi connectivity index (χ2v) is 5.57. The Morgan fingerprint density at radius 2 is 1.84 bits per heavy atom. The normalized spacial score (nSPS) is 16.1. The zero-order valence-electron chi connectivity index (χ0n) is 12.3. The Bertz CT molecular complexity index is 247. The predicted molar refractivity (Wildman–Crippen MR) is 71.2 cm³/mol. The summed E-state index contributed by atoms with van der Waals surface area (Å²) in [5.74, 6) is 0. The van der Waals surface area contributed by atoms with E-state index in [2.05, 4.69) is 5.32 Å². The van der Waals surface area contributed by atoms with Crippen LogP contribution in [0.4, 0.5) is 13.2 Å². The lowest BCUT2D eigenvalue weighted by molar-refractivity contribution is -0.150. The van der Waals surface area contributed by atoms with E-state index in [1.165, 1.54) is 4.90 Å². The van der Waals surface area contributed by atoms with Crippen LogP contribution in [-0.4, -0.2) is 54.0 Å². The number of nitrogens with zero attached hydrogens (tertiary/aromatic N) is 1. The molecule has 0 aliphatic heterocycles. The Morgan fingerprint density at radius 3 is 2.21 bits per heavy atom. The van der Waals surface area contributed by atoms with Crippen molar-refractivity contribution < 1.29 is 18.3 Å². The lowest BCUT2D eigenvalue weighted by Crippen LogP contribution is -2.50. The van der Waals surface area contributed by atoms with Gasteiger partial charge in [-0.05, 0) is 40.2 Å². The van der Waals surface area contributed by atoms with Crippen LogP contribution in [0.1, 0.15) is 40.5 Å². The molecule has 0 radical (unpaired) electrons. The first kappa shape index (κ1) is 18.7. The summed E-state index contributed by atoms with van der Waals surface area (Å²) in [4.78, 5) is 1.39. The van der Waals surface area contributed by atoms with Gasteiger partial charge in [0, 0.05) is 18.1 Å². The molecule has 0 aliphatic rings. The zero-order valence-corrected chi connectivity index (χ0v) is 12.3. The van der Waals surface area contributed by atoms with E-state index < -0.39 is 18.3 Å². The number of rotatable bonds is 9. The molecule has 6 heteroatoms. The average Bonchev–Trinajstić information content (AvgIpc) is 2.30. The molecule has 0 spiro atoms. The van der Waals surface area contributed by atoms with Crippen molar-refractivity contribution in [3.05, 3.63) is 0 Å². The van der Waals surface area contributed by atoms with Crippen LogP contribution in [0.15, 0.2) is 0 Å². The first-order valence-corrected chi connectivity index (χ1v) is 6.80. The maximum absolute atomic E-state index is 12.5. The number of nitrogens with one attached hydrogen (secondary N) is 1. The van der Waals surface area contributed by atoms with E-state index in [9.17, 15) is 18.3 Å². The van der Waals surface area contributed by atoms with Gasteiger partial charge in [0.15, 0.2) is 0 Å². The van der Waals surface area contributed by atoms with Gasteiger partial charge < -0.3 is 10.4 Å². The molecule has 0 rings (SSSR count). The highest BCUT2D eigenvalue weighted by molar-refractivity contribution is 4.84.